The third kappa shape index (κ3) is 3.31. The Balaban J connectivity index is 1.35. The Kier molecular flexibility index (Phi) is 4.61. The second kappa shape index (κ2) is 7.26. The largest absolute Gasteiger partial charge is 0.455 e. The maximum atomic E-state index is 13.1. The Morgan fingerprint density at radius 2 is 2.04 bits per heavy atom. The van der Waals surface area contributed by atoms with Gasteiger partial charge in [0.05, 0.1) is 23.6 Å². The van der Waals surface area contributed by atoms with Gasteiger partial charge < -0.3 is 14.3 Å². The monoisotopic (exact) mass is 398 g/mol. The quantitative estimate of drug-likeness (QED) is 0.708. The lowest BCUT2D eigenvalue weighted by Crippen LogP contribution is -2.30. The fourth-order valence-electron chi connectivity index (χ4n) is 4.33. The van der Waals surface area contributed by atoms with E-state index in [9.17, 15) is 4.79 Å². The summed E-state index contributed by atoms with van der Waals surface area (Å²) in [5.74, 6) is 2.03. The highest BCUT2D eigenvalue weighted by Crippen LogP contribution is 2.33. The van der Waals surface area contributed by atoms with E-state index in [4.69, 9.17) is 21.0 Å². The van der Waals surface area contributed by atoms with Crippen LogP contribution in [0.25, 0.3) is 11.0 Å². The molecule has 1 N–H and O–H groups in total. The van der Waals surface area contributed by atoms with Crippen LogP contribution in [0.15, 0.2) is 34.7 Å². The molecule has 1 aromatic carbocycles. The first-order valence-corrected chi connectivity index (χ1v) is 10.3. The molecule has 3 aromatic rings. The minimum atomic E-state index is -0.0641. The summed E-state index contributed by atoms with van der Waals surface area (Å²) in [6.07, 6.45) is 4.32. The minimum absolute atomic E-state index is 0.0614. The van der Waals surface area contributed by atoms with Gasteiger partial charge in [-0.1, -0.05) is 11.6 Å². The van der Waals surface area contributed by atoms with Crippen molar-refractivity contribution in [2.45, 2.75) is 38.3 Å². The summed E-state index contributed by atoms with van der Waals surface area (Å²) in [7, 11) is 0. The number of hydrogen-bond acceptors (Lipinski definition) is 4. The number of nitrogens with zero attached hydrogens (tertiary/aromatic N) is 3. The first-order chi connectivity index (χ1) is 13.7. The van der Waals surface area contributed by atoms with Gasteiger partial charge in [-0.15, -0.1) is 0 Å². The molecule has 2 aliphatic rings. The number of halogens is 1. The van der Waals surface area contributed by atoms with Crippen molar-refractivity contribution in [1.82, 2.24) is 19.8 Å². The van der Waals surface area contributed by atoms with Crippen LogP contribution in [-0.4, -0.2) is 45.3 Å². The fraction of sp³-hybridized carbons (Fsp3) is 0.429. The molecule has 0 aliphatic carbocycles. The van der Waals surface area contributed by atoms with Crippen LogP contribution in [0.4, 0.5) is 0 Å². The summed E-state index contributed by atoms with van der Waals surface area (Å²) in [4.78, 5) is 25.4. The van der Waals surface area contributed by atoms with Gasteiger partial charge in [0.25, 0.3) is 5.91 Å². The molecule has 7 heteroatoms. The molecule has 2 aromatic heterocycles. The first-order valence-electron chi connectivity index (χ1n) is 9.94. The minimum Gasteiger partial charge on any atom is -0.455 e. The number of hydrogen-bond donors (Lipinski definition) is 1. The molecule has 0 bridgehead atoms. The number of fused-ring (bicyclic) bond motifs is 1. The second-order valence-electron chi connectivity index (χ2n) is 7.69. The average molecular weight is 399 g/mol. The van der Waals surface area contributed by atoms with Crippen LogP contribution in [-0.2, 0) is 6.54 Å². The zero-order valence-electron chi connectivity index (χ0n) is 15.7. The van der Waals surface area contributed by atoms with Crippen molar-refractivity contribution in [3.8, 4) is 0 Å². The van der Waals surface area contributed by atoms with Crippen molar-refractivity contribution in [1.29, 1.82) is 0 Å². The smallest absolute Gasteiger partial charge is 0.290 e. The number of H-pyrrole nitrogens is 1. The molecular weight excluding hydrogens is 376 g/mol. The molecule has 28 heavy (non-hydrogen) atoms. The number of aromatic amines is 1. The van der Waals surface area contributed by atoms with E-state index in [0.29, 0.717) is 17.3 Å². The Morgan fingerprint density at radius 1 is 1.18 bits per heavy atom. The lowest BCUT2D eigenvalue weighted by molar-refractivity contribution is 0.0694. The summed E-state index contributed by atoms with van der Waals surface area (Å²) in [6, 6.07) is 9.27. The van der Waals surface area contributed by atoms with Crippen LogP contribution in [0.5, 0.6) is 0 Å². The highest BCUT2D eigenvalue weighted by molar-refractivity contribution is 6.31. The fourth-order valence-corrected chi connectivity index (χ4v) is 4.51. The van der Waals surface area contributed by atoms with Crippen LogP contribution in [0.1, 0.15) is 53.9 Å². The molecular formula is C21H23ClN4O2. The maximum Gasteiger partial charge on any atom is 0.290 e. The van der Waals surface area contributed by atoms with Gasteiger partial charge in [-0.25, -0.2) is 4.98 Å². The third-order valence-electron chi connectivity index (χ3n) is 5.74. The highest BCUT2D eigenvalue weighted by Gasteiger charge is 2.34. The van der Waals surface area contributed by atoms with Gasteiger partial charge in [0.2, 0.25) is 0 Å². The molecule has 2 fully saturated rings. The predicted molar refractivity (Wildman–Crippen MR) is 107 cm³/mol. The number of benzene rings is 1. The van der Waals surface area contributed by atoms with Crippen LogP contribution < -0.4 is 0 Å². The number of furan rings is 1. The number of nitrogens with one attached hydrogen (secondary N) is 1. The standard InChI is InChI=1S/C21H23ClN4O2/c22-14-5-7-16-17(12-14)24-20(23-16)18-4-3-11-26(18)21(27)19-8-6-15(28-19)13-25-9-1-2-10-25/h5-8,12,18H,1-4,9-11,13H2,(H,23,24). The number of amides is 1. The number of rotatable bonds is 4. The molecule has 1 atom stereocenters. The number of aromatic nitrogens is 2. The Bertz CT molecular complexity index is 1000. The molecule has 0 radical (unpaired) electrons. The van der Waals surface area contributed by atoms with E-state index in [0.717, 1.165) is 55.1 Å². The number of imidazole rings is 1. The predicted octanol–water partition coefficient (Wildman–Crippen LogP) is 4.38. The van der Waals surface area contributed by atoms with Crippen molar-refractivity contribution in [2.75, 3.05) is 19.6 Å². The lowest BCUT2D eigenvalue weighted by atomic mass is 10.2. The zero-order chi connectivity index (χ0) is 19.1. The number of carbonyl (C=O) groups is 1. The molecule has 1 amide bonds. The van der Waals surface area contributed by atoms with E-state index < -0.39 is 0 Å². The normalized spacial score (nSPS) is 20.5. The van der Waals surface area contributed by atoms with Crippen LogP contribution in [0, 0.1) is 0 Å². The van der Waals surface area contributed by atoms with Gasteiger partial charge in [0.15, 0.2) is 5.76 Å². The van der Waals surface area contributed by atoms with Gasteiger partial charge in [0.1, 0.15) is 11.6 Å². The Hall–Kier alpha value is -2.31. The van der Waals surface area contributed by atoms with Crippen LogP contribution in [0.3, 0.4) is 0 Å². The summed E-state index contributed by atoms with van der Waals surface area (Å²) in [6.45, 7) is 3.70. The molecule has 6 nitrogen and oxygen atoms in total. The molecule has 146 valence electrons. The van der Waals surface area contributed by atoms with Crippen LogP contribution >= 0.6 is 11.6 Å². The molecule has 4 heterocycles. The Morgan fingerprint density at radius 3 is 2.89 bits per heavy atom. The van der Waals surface area contributed by atoms with Gasteiger partial charge in [-0.2, -0.15) is 0 Å². The van der Waals surface area contributed by atoms with Gasteiger partial charge in [-0.3, -0.25) is 9.69 Å². The molecule has 2 saturated heterocycles. The number of carbonyl (C=O) groups excluding carboxylic acids is 1. The van der Waals surface area contributed by atoms with E-state index in [1.165, 1.54) is 12.8 Å². The molecule has 5 rings (SSSR count). The molecule has 0 saturated carbocycles. The van der Waals surface area contributed by atoms with E-state index in [2.05, 4.69) is 9.88 Å². The average Bonchev–Trinajstić information content (AvgIpc) is 3.47. The summed E-state index contributed by atoms with van der Waals surface area (Å²) in [5.41, 5.74) is 1.76. The second-order valence-corrected chi connectivity index (χ2v) is 8.13. The van der Waals surface area contributed by atoms with Crippen LogP contribution in [0.2, 0.25) is 5.02 Å². The SMILES string of the molecule is O=C(c1ccc(CN2CCCC2)o1)N1CCCC1c1nc2ccc(Cl)cc2[nH]1. The van der Waals surface area contributed by atoms with Crippen molar-refractivity contribution in [3.63, 3.8) is 0 Å². The zero-order valence-corrected chi connectivity index (χ0v) is 16.4. The number of likely N-dealkylation sites (tertiary alicyclic amines) is 2. The van der Waals surface area contributed by atoms with Crippen molar-refractivity contribution in [3.05, 3.63) is 52.7 Å². The van der Waals surface area contributed by atoms with Crippen molar-refractivity contribution in [2.24, 2.45) is 0 Å². The highest BCUT2D eigenvalue weighted by atomic mass is 35.5. The molecule has 0 spiro atoms. The topological polar surface area (TPSA) is 65.4 Å². The summed E-state index contributed by atoms with van der Waals surface area (Å²) < 4.78 is 5.90. The first kappa shape index (κ1) is 17.8. The van der Waals surface area contributed by atoms with E-state index in [1.54, 1.807) is 0 Å². The van der Waals surface area contributed by atoms with E-state index in [-0.39, 0.29) is 11.9 Å². The van der Waals surface area contributed by atoms with E-state index in [1.807, 2.05) is 35.2 Å². The summed E-state index contributed by atoms with van der Waals surface area (Å²) in [5, 5.41) is 0.670. The lowest BCUT2D eigenvalue weighted by Gasteiger charge is -2.22. The van der Waals surface area contributed by atoms with Crippen molar-refractivity contribution < 1.29 is 9.21 Å². The van der Waals surface area contributed by atoms with Gasteiger partial charge >= 0.3 is 0 Å². The third-order valence-corrected chi connectivity index (χ3v) is 5.98. The molecule has 1 unspecified atom stereocenters. The van der Waals surface area contributed by atoms with Gasteiger partial charge in [0, 0.05) is 11.6 Å². The summed E-state index contributed by atoms with van der Waals surface area (Å²) >= 11 is 6.08. The van der Waals surface area contributed by atoms with E-state index >= 15 is 0 Å². The van der Waals surface area contributed by atoms with Crippen molar-refractivity contribution >= 4 is 28.5 Å². The van der Waals surface area contributed by atoms with Gasteiger partial charge in [-0.05, 0) is 69.1 Å². The maximum absolute atomic E-state index is 13.1. The Labute approximate surface area is 168 Å². The molecule has 2 aliphatic heterocycles.